The first-order chi connectivity index (χ1) is 13.6. The summed E-state index contributed by atoms with van der Waals surface area (Å²) in [6, 6.07) is 9.60. The molecule has 144 valence electrons. The van der Waals surface area contributed by atoms with Crippen LogP contribution in [0, 0.1) is 13.8 Å². The molecule has 1 aliphatic heterocycles. The number of rotatable bonds is 3. The first-order valence-corrected chi connectivity index (χ1v) is 9.21. The Labute approximate surface area is 163 Å². The Kier molecular flexibility index (Phi) is 5.03. The van der Waals surface area contributed by atoms with Gasteiger partial charge in [0.05, 0.1) is 42.5 Å². The van der Waals surface area contributed by atoms with Crippen LogP contribution in [-0.4, -0.2) is 57.0 Å². The highest BCUT2D eigenvalue weighted by atomic mass is 16.7. The van der Waals surface area contributed by atoms with Crippen LogP contribution in [0.15, 0.2) is 48.9 Å². The summed E-state index contributed by atoms with van der Waals surface area (Å²) in [4.78, 5) is 26.7. The minimum absolute atomic E-state index is 0.0487. The average Bonchev–Trinajstić information content (AvgIpc) is 3.11. The smallest absolute Gasteiger partial charge is 0.256 e. The van der Waals surface area contributed by atoms with E-state index in [-0.39, 0.29) is 5.91 Å². The standard InChI is InChI=1S/C20H22N6O2/c1-15-3-4-19(26-22-7-8-23-26)18(13-15)20(27)24-9-10-25(28-12-11-24)17-5-6-21-16(2)14-17/h3-8,13-14H,9-12H2,1-2H3. The SMILES string of the molecule is Cc1ccc(-n2nccn2)c(C(=O)N2CCON(c3ccnc(C)c3)CC2)c1. The Morgan fingerprint density at radius 1 is 1.00 bits per heavy atom. The summed E-state index contributed by atoms with van der Waals surface area (Å²) >= 11 is 0. The summed E-state index contributed by atoms with van der Waals surface area (Å²) in [5.41, 5.74) is 4.14. The molecule has 1 aliphatic rings. The highest BCUT2D eigenvalue weighted by Crippen LogP contribution is 2.20. The number of pyridine rings is 1. The second-order valence-electron chi connectivity index (χ2n) is 6.72. The zero-order valence-electron chi connectivity index (χ0n) is 15.9. The molecule has 1 amide bonds. The summed E-state index contributed by atoms with van der Waals surface area (Å²) in [5, 5.41) is 10.2. The Morgan fingerprint density at radius 3 is 2.61 bits per heavy atom. The van der Waals surface area contributed by atoms with E-state index in [1.54, 1.807) is 18.6 Å². The first-order valence-electron chi connectivity index (χ1n) is 9.21. The van der Waals surface area contributed by atoms with Crippen LogP contribution in [0.1, 0.15) is 21.6 Å². The molecule has 0 unspecified atom stereocenters. The van der Waals surface area contributed by atoms with Crippen LogP contribution in [0.2, 0.25) is 0 Å². The number of aryl methyl sites for hydroxylation is 2. The molecule has 2 aromatic heterocycles. The van der Waals surface area contributed by atoms with Crippen molar-refractivity contribution in [3.8, 4) is 5.69 Å². The van der Waals surface area contributed by atoms with Crippen molar-refractivity contribution in [2.45, 2.75) is 13.8 Å². The van der Waals surface area contributed by atoms with Crippen LogP contribution in [-0.2, 0) is 4.84 Å². The van der Waals surface area contributed by atoms with Crippen molar-refractivity contribution in [2.24, 2.45) is 0 Å². The van der Waals surface area contributed by atoms with Crippen LogP contribution in [0.5, 0.6) is 0 Å². The van der Waals surface area contributed by atoms with Gasteiger partial charge in [-0.15, -0.1) is 0 Å². The molecule has 3 aromatic rings. The van der Waals surface area contributed by atoms with Crippen molar-refractivity contribution in [3.05, 3.63) is 65.7 Å². The minimum Gasteiger partial charge on any atom is -0.334 e. The fourth-order valence-corrected chi connectivity index (χ4v) is 3.25. The first kappa shape index (κ1) is 18.1. The Bertz CT molecular complexity index is 973. The van der Waals surface area contributed by atoms with Crippen LogP contribution < -0.4 is 5.06 Å². The van der Waals surface area contributed by atoms with Crippen LogP contribution in [0.3, 0.4) is 0 Å². The maximum absolute atomic E-state index is 13.3. The third-order valence-electron chi connectivity index (χ3n) is 4.65. The van der Waals surface area contributed by atoms with Crippen molar-refractivity contribution in [3.63, 3.8) is 0 Å². The summed E-state index contributed by atoms with van der Waals surface area (Å²) in [5.74, 6) is -0.0487. The number of anilines is 1. The van der Waals surface area contributed by atoms with Crippen LogP contribution in [0.4, 0.5) is 5.69 Å². The van der Waals surface area contributed by atoms with Gasteiger partial charge in [0.25, 0.3) is 5.91 Å². The highest BCUT2D eigenvalue weighted by Gasteiger charge is 2.24. The largest absolute Gasteiger partial charge is 0.334 e. The number of benzene rings is 1. The second-order valence-corrected chi connectivity index (χ2v) is 6.72. The maximum Gasteiger partial charge on any atom is 0.256 e. The van der Waals surface area contributed by atoms with Gasteiger partial charge in [0.15, 0.2) is 0 Å². The lowest BCUT2D eigenvalue weighted by molar-refractivity contribution is 0.0730. The molecule has 28 heavy (non-hydrogen) atoms. The van der Waals surface area contributed by atoms with E-state index in [2.05, 4.69) is 15.2 Å². The fourth-order valence-electron chi connectivity index (χ4n) is 3.25. The molecule has 4 rings (SSSR count). The van der Waals surface area contributed by atoms with Crippen molar-refractivity contribution < 1.29 is 9.63 Å². The quantitative estimate of drug-likeness (QED) is 0.695. The summed E-state index contributed by atoms with van der Waals surface area (Å²) in [7, 11) is 0. The molecule has 8 nitrogen and oxygen atoms in total. The fraction of sp³-hybridized carbons (Fsp3) is 0.300. The van der Waals surface area contributed by atoms with E-state index in [0.29, 0.717) is 37.5 Å². The maximum atomic E-state index is 13.3. The lowest BCUT2D eigenvalue weighted by atomic mass is 10.1. The van der Waals surface area contributed by atoms with Gasteiger partial charge >= 0.3 is 0 Å². The molecule has 3 heterocycles. The molecule has 0 bridgehead atoms. The number of nitrogens with zero attached hydrogens (tertiary/aromatic N) is 6. The number of amides is 1. The number of hydroxylamine groups is 1. The molecular formula is C20H22N6O2. The summed E-state index contributed by atoms with van der Waals surface area (Å²) in [6.45, 7) is 5.99. The van der Waals surface area contributed by atoms with E-state index in [0.717, 1.165) is 16.9 Å². The van der Waals surface area contributed by atoms with Gasteiger partial charge in [0.1, 0.15) is 0 Å². The molecule has 1 saturated heterocycles. The van der Waals surface area contributed by atoms with E-state index in [1.165, 1.54) is 4.80 Å². The summed E-state index contributed by atoms with van der Waals surface area (Å²) < 4.78 is 0. The van der Waals surface area contributed by atoms with Gasteiger partial charge < -0.3 is 4.90 Å². The zero-order chi connectivity index (χ0) is 19.5. The lowest BCUT2D eigenvalue weighted by Crippen LogP contribution is -2.36. The molecule has 0 radical (unpaired) electrons. The molecule has 0 atom stereocenters. The number of hydrogen-bond acceptors (Lipinski definition) is 6. The van der Waals surface area contributed by atoms with Crippen molar-refractivity contribution >= 4 is 11.6 Å². The van der Waals surface area contributed by atoms with Gasteiger partial charge in [0, 0.05) is 25.0 Å². The molecule has 1 aromatic carbocycles. The topological polar surface area (TPSA) is 76.4 Å². The predicted octanol–water partition coefficient (Wildman–Crippen LogP) is 2.17. The Morgan fingerprint density at radius 2 is 1.82 bits per heavy atom. The van der Waals surface area contributed by atoms with Crippen LogP contribution >= 0.6 is 0 Å². The van der Waals surface area contributed by atoms with E-state index in [4.69, 9.17) is 4.84 Å². The van der Waals surface area contributed by atoms with E-state index in [9.17, 15) is 4.79 Å². The van der Waals surface area contributed by atoms with Crippen molar-refractivity contribution in [1.82, 2.24) is 24.9 Å². The molecule has 0 N–H and O–H groups in total. The van der Waals surface area contributed by atoms with Gasteiger partial charge in [-0.1, -0.05) is 11.6 Å². The number of aromatic nitrogens is 4. The van der Waals surface area contributed by atoms with E-state index < -0.39 is 0 Å². The van der Waals surface area contributed by atoms with Crippen LogP contribution in [0.25, 0.3) is 5.69 Å². The lowest BCUT2D eigenvalue weighted by Gasteiger charge is -2.23. The molecule has 0 saturated carbocycles. The number of carbonyl (C=O) groups excluding carboxylic acids is 1. The van der Waals surface area contributed by atoms with Crippen molar-refractivity contribution in [1.29, 1.82) is 0 Å². The Balaban J connectivity index is 1.55. The molecule has 1 fully saturated rings. The van der Waals surface area contributed by atoms with Gasteiger partial charge in [0.2, 0.25) is 0 Å². The molecule has 8 heteroatoms. The van der Waals surface area contributed by atoms with Gasteiger partial charge in [-0.05, 0) is 38.1 Å². The molecule has 0 aliphatic carbocycles. The molecule has 0 spiro atoms. The second kappa shape index (κ2) is 7.77. The van der Waals surface area contributed by atoms with Gasteiger partial charge in [-0.3, -0.25) is 19.7 Å². The number of hydrogen-bond donors (Lipinski definition) is 0. The van der Waals surface area contributed by atoms with E-state index >= 15 is 0 Å². The number of carbonyl (C=O) groups is 1. The highest BCUT2D eigenvalue weighted by molar-refractivity contribution is 5.98. The predicted molar refractivity (Wildman–Crippen MR) is 104 cm³/mol. The van der Waals surface area contributed by atoms with Gasteiger partial charge in [-0.25, -0.2) is 0 Å². The Hall–Kier alpha value is -3.26. The minimum atomic E-state index is -0.0487. The third kappa shape index (κ3) is 3.72. The third-order valence-corrected chi connectivity index (χ3v) is 4.65. The van der Waals surface area contributed by atoms with Crippen molar-refractivity contribution in [2.75, 3.05) is 31.3 Å². The zero-order valence-corrected chi connectivity index (χ0v) is 15.9. The monoisotopic (exact) mass is 378 g/mol. The normalized spacial score (nSPS) is 14.8. The average molecular weight is 378 g/mol. The van der Waals surface area contributed by atoms with E-state index in [1.807, 2.05) is 54.1 Å². The summed E-state index contributed by atoms with van der Waals surface area (Å²) in [6.07, 6.45) is 4.96. The van der Waals surface area contributed by atoms with Gasteiger partial charge in [-0.2, -0.15) is 15.0 Å². The molecular weight excluding hydrogens is 356 g/mol.